The van der Waals surface area contributed by atoms with Gasteiger partial charge < -0.3 is 4.74 Å². The fourth-order valence-electron chi connectivity index (χ4n) is 2.61. The highest BCUT2D eigenvalue weighted by molar-refractivity contribution is 8.19. The van der Waals surface area contributed by atoms with Gasteiger partial charge in [0.25, 0.3) is 0 Å². The largest absolute Gasteiger partial charge is 0.454 e. The molecule has 0 N–H and O–H groups in total. The highest BCUT2D eigenvalue weighted by Gasteiger charge is 2.45. The number of carbonyl (C=O) groups is 2. The number of hydrogen-bond donors (Lipinski definition) is 0. The molecule has 1 aliphatic carbocycles. The van der Waals surface area contributed by atoms with E-state index in [1.165, 1.54) is 0 Å². The maximum atomic E-state index is 12.1. The summed E-state index contributed by atoms with van der Waals surface area (Å²) in [5.41, 5.74) is 1.31. The molecule has 0 saturated carbocycles. The lowest BCUT2D eigenvalue weighted by atomic mass is 10.2. The topological polar surface area (TPSA) is 43.4 Å². The Balaban J connectivity index is 1.72. The first kappa shape index (κ1) is 14.7. The summed E-state index contributed by atoms with van der Waals surface area (Å²) in [5, 5.41) is 0. The van der Waals surface area contributed by atoms with E-state index in [-0.39, 0.29) is 16.2 Å². The Kier molecular flexibility index (Phi) is 4.40. The first-order valence-corrected chi connectivity index (χ1v) is 8.92. The molecule has 1 heterocycles. The standard InChI is InChI=1S/C16H16O3S2/c17-11-13-9-14(10-16(13)20-7-4-8-21-16)19-15(18)12-5-2-1-3-6-12/h1-3,5-6,9,11,14H,4,7-8,10H2/t14-/m0/s1. The quantitative estimate of drug-likeness (QED) is 0.631. The second-order valence-electron chi connectivity index (χ2n) is 5.06. The fourth-order valence-corrected chi connectivity index (χ4v) is 6.00. The Morgan fingerprint density at radius 2 is 1.95 bits per heavy atom. The lowest BCUT2D eigenvalue weighted by Crippen LogP contribution is -2.28. The Bertz CT molecular complexity index is 562. The summed E-state index contributed by atoms with van der Waals surface area (Å²) < 4.78 is 5.35. The molecule has 3 nitrogen and oxygen atoms in total. The van der Waals surface area contributed by atoms with Gasteiger partial charge in [0.2, 0.25) is 0 Å². The fraction of sp³-hybridized carbons (Fsp3) is 0.375. The van der Waals surface area contributed by atoms with Gasteiger partial charge in [-0.25, -0.2) is 4.79 Å². The third-order valence-corrected chi connectivity index (χ3v) is 7.06. The van der Waals surface area contributed by atoms with Crippen LogP contribution in [0, 0.1) is 0 Å². The van der Waals surface area contributed by atoms with Gasteiger partial charge in [0, 0.05) is 12.0 Å². The monoisotopic (exact) mass is 320 g/mol. The van der Waals surface area contributed by atoms with Crippen LogP contribution in [0.2, 0.25) is 0 Å². The van der Waals surface area contributed by atoms with E-state index in [0.29, 0.717) is 12.0 Å². The lowest BCUT2D eigenvalue weighted by Gasteiger charge is -2.33. The molecule has 5 heteroatoms. The third-order valence-electron chi connectivity index (χ3n) is 3.63. The van der Waals surface area contributed by atoms with E-state index >= 15 is 0 Å². The third kappa shape index (κ3) is 3.04. The number of aldehydes is 1. The summed E-state index contributed by atoms with van der Waals surface area (Å²) >= 11 is 3.61. The molecule has 1 atom stereocenters. The van der Waals surface area contributed by atoms with Crippen molar-refractivity contribution in [2.24, 2.45) is 0 Å². The molecule has 0 aromatic heterocycles. The Morgan fingerprint density at radius 3 is 2.62 bits per heavy atom. The van der Waals surface area contributed by atoms with Crippen LogP contribution >= 0.6 is 23.5 Å². The van der Waals surface area contributed by atoms with Crippen LogP contribution < -0.4 is 0 Å². The zero-order valence-corrected chi connectivity index (χ0v) is 13.1. The number of hydrogen-bond acceptors (Lipinski definition) is 5. The molecule has 0 unspecified atom stereocenters. The summed E-state index contributed by atoms with van der Waals surface area (Å²) in [6.07, 6.45) is 4.28. The van der Waals surface area contributed by atoms with Crippen LogP contribution in [0.15, 0.2) is 42.0 Å². The van der Waals surface area contributed by atoms with E-state index in [0.717, 1.165) is 29.8 Å². The van der Waals surface area contributed by atoms with E-state index in [4.69, 9.17) is 4.74 Å². The van der Waals surface area contributed by atoms with Gasteiger partial charge in [-0.3, -0.25) is 4.79 Å². The molecule has 1 aliphatic heterocycles. The van der Waals surface area contributed by atoms with Gasteiger partial charge in [-0.2, -0.15) is 0 Å². The first-order chi connectivity index (χ1) is 10.2. The Labute approximate surface area is 132 Å². The number of thioether (sulfide) groups is 2. The normalized spacial score (nSPS) is 23.6. The number of esters is 1. The Morgan fingerprint density at radius 1 is 1.24 bits per heavy atom. The minimum absolute atomic E-state index is 0.207. The average molecular weight is 320 g/mol. The molecule has 1 aromatic rings. The van der Waals surface area contributed by atoms with Crippen molar-refractivity contribution in [3.8, 4) is 0 Å². The maximum Gasteiger partial charge on any atom is 0.338 e. The van der Waals surface area contributed by atoms with Crippen molar-refractivity contribution >= 4 is 35.8 Å². The molecule has 2 aliphatic rings. The van der Waals surface area contributed by atoms with E-state index in [2.05, 4.69) is 0 Å². The minimum Gasteiger partial charge on any atom is -0.454 e. The second kappa shape index (κ2) is 6.28. The van der Waals surface area contributed by atoms with Gasteiger partial charge in [0.05, 0.1) is 9.64 Å². The molecule has 1 spiro atoms. The van der Waals surface area contributed by atoms with Crippen molar-refractivity contribution < 1.29 is 14.3 Å². The average Bonchev–Trinajstić information content (AvgIpc) is 2.85. The van der Waals surface area contributed by atoms with E-state index < -0.39 is 0 Å². The minimum atomic E-state index is -0.329. The Hall–Kier alpha value is -1.20. The van der Waals surface area contributed by atoms with Gasteiger partial charge in [0.1, 0.15) is 12.4 Å². The highest BCUT2D eigenvalue weighted by atomic mass is 32.2. The molecular weight excluding hydrogens is 304 g/mol. The molecule has 21 heavy (non-hydrogen) atoms. The molecule has 3 rings (SSSR count). The second-order valence-corrected chi connectivity index (χ2v) is 8.10. The molecular formula is C16H16O3S2. The van der Waals surface area contributed by atoms with Gasteiger partial charge in [-0.15, -0.1) is 23.5 Å². The molecule has 1 saturated heterocycles. The summed E-state index contributed by atoms with van der Waals surface area (Å²) in [6.45, 7) is 0. The van der Waals surface area contributed by atoms with Gasteiger partial charge >= 0.3 is 5.97 Å². The van der Waals surface area contributed by atoms with Gasteiger partial charge in [-0.05, 0) is 36.1 Å². The summed E-state index contributed by atoms with van der Waals surface area (Å²) in [7, 11) is 0. The SMILES string of the molecule is O=CC1=C[C@H](OC(=O)c2ccccc2)CC12SCCCS2. The smallest absolute Gasteiger partial charge is 0.338 e. The summed E-state index contributed by atoms with van der Waals surface area (Å²) in [4.78, 5) is 23.5. The van der Waals surface area contributed by atoms with Crippen molar-refractivity contribution in [2.75, 3.05) is 11.5 Å². The molecule has 110 valence electrons. The van der Waals surface area contributed by atoms with Crippen LogP contribution in [0.25, 0.3) is 0 Å². The van der Waals surface area contributed by atoms with Gasteiger partial charge in [-0.1, -0.05) is 18.2 Å². The first-order valence-electron chi connectivity index (χ1n) is 6.95. The van der Waals surface area contributed by atoms with E-state index in [1.807, 2.05) is 24.3 Å². The molecule has 1 fully saturated rings. The highest BCUT2D eigenvalue weighted by Crippen LogP contribution is 2.53. The van der Waals surface area contributed by atoms with E-state index in [1.54, 1.807) is 35.7 Å². The van der Waals surface area contributed by atoms with Crippen molar-refractivity contribution in [3.05, 3.63) is 47.5 Å². The molecule has 0 amide bonds. The molecule has 0 bridgehead atoms. The number of benzene rings is 1. The summed E-state index contributed by atoms with van der Waals surface area (Å²) in [5.74, 6) is 1.78. The van der Waals surface area contributed by atoms with Crippen LogP contribution in [0.1, 0.15) is 23.2 Å². The number of ether oxygens (including phenoxy) is 1. The zero-order valence-electron chi connectivity index (χ0n) is 11.5. The number of rotatable bonds is 3. The maximum absolute atomic E-state index is 12.1. The molecule has 1 aromatic carbocycles. The van der Waals surface area contributed by atoms with Crippen molar-refractivity contribution in [3.63, 3.8) is 0 Å². The predicted octanol–water partition coefficient (Wildman–Crippen LogP) is 3.31. The molecule has 0 radical (unpaired) electrons. The predicted molar refractivity (Wildman–Crippen MR) is 86.7 cm³/mol. The lowest BCUT2D eigenvalue weighted by molar-refractivity contribution is -0.105. The van der Waals surface area contributed by atoms with Crippen LogP contribution in [0.4, 0.5) is 0 Å². The van der Waals surface area contributed by atoms with Crippen molar-refractivity contribution in [1.29, 1.82) is 0 Å². The zero-order chi connectivity index (χ0) is 14.7. The van der Waals surface area contributed by atoms with Gasteiger partial charge in [0.15, 0.2) is 0 Å². The summed E-state index contributed by atoms with van der Waals surface area (Å²) in [6, 6.07) is 8.96. The van der Waals surface area contributed by atoms with E-state index in [9.17, 15) is 9.59 Å². The van der Waals surface area contributed by atoms with Crippen LogP contribution in [0.3, 0.4) is 0 Å². The van der Waals surface area contributed by atoms with Crippen LogP contribution in [-0.2, 0) is 9.53 Å². The van der Waals surface area contributed by atoms with Crippen molar-refractivity contribution in [1.82, 2.24) is 0 Å². The van der Waals surface area contributed by atoms with Crippen LogP contribution in [0.5, 0.6) is 0 Å². The van der Waals surface area contributed by atoms with Crippen LogP contribution in [-0.4, -0.2) is 33.9 Å². The number of carbonyl (C=O) groups excluding carboxylic acids is 2. The van der Waals surface area contributed by atoms with Crippen molar-refractivity contribution in [2.45, 2.75) is 23.0 Å².